The summed E-state index contributed by atoms with van der Waals surface area (Å²) in [6.07, 6.45) is 4.53. The average Bonchev–Trinajstić information content (AvgIpc) is 2.59. The Labute approximate surface area is 71.5 Å². The maximum absolute atomic E-state index is 4.42. The van der Waals surface area contributed by atoms with Gasteiger partial charge in [-0.3, -0.25) is 0 Å². The highest BCUT2D eigenvalue weighted by atomic mass is 32.1. The fraction of sp³-hybridized carbons (Fsp3) is 0.667. The number of rotatable bonds is 2. The fourth-order valence-electron chi connectivity index (χ4n) is 1.32. The highest BCUT2D eigenvalue weighted by Crippen LogP contribution is 2.47. The summed E-state index contributed by atoms with van der Waals surface area (Å²) in [4.78, 5) is 5.85. The molecule has 2 heteroatoms. The zero-order chi connectivity index (χ0) is 7.84. The van der Waals surface area contributed by atoms with Crippen LogP contribution in [-0.2, 0) is 6.42 Å². The average molecular weight is 167 g/mol. The van der Waals surface area contributed by atoms with Gasteiger partial charge < -0.3 is 0 Å². The number of thiazole rings is 1. The monoisotopic (exact) mass is 167 g/mol. The van der Waals surface area contributed by atoms with Crippen molar-refractivity contribution >= 4 is 11.3 Å². The second-order valence-corrected chi connectivity index (χ2v) is 4.48. The molecule has 1 aliphatic carbocycles. The summed E-state index contributed by atoms with van der Waals surface area (Å²) in [6, 6.07) is 0. The van der Waals surface area contributed by atoms with Crippen LogP contribution in [0.1, 0.15) is 36.1 Å². The summed E-state index contributed by atoms with van der Waals surface area (Å²) in [5, 5.41) is 1.37. The molecule has 1 aliphatic rings. The van der Waals surface area contributed by atoms with E-state index in [9.17, 15) is 0 Å². The number of nitrogens with zero attached hydrogens (tertiary/aromatic N) is 1. The quantitative estimate of drug-likeness (QED) is 0.660. The molecule has 0 aromatic carbocycles. The summed E-state index contributed by atoms with van der Waals surface area (Å²) in [7, 11) is 0. The minimum absolute atomic E-state index is 0.806. The Morgan fingerprint density at radius 2 is 2.45 bits per heavy atom. The summed E-state index contributed by atoms with van der Waals surface area (Å²) >= 11 is 1.90. The molecular formula is C9H13NS. The van der Waals surface area contributed by atoms with E-state index < -0.39 is 0 Å². The molecule has 0 aliphatic heterocycles. The van der Waals surface area contributed by atoms with E-state index >= 15 is 0 Å². The third-order valence-electron chi connectivity index (χ3n) is 2.35. The molecule has 1 saturated carbocycles. The molecule has 60 valence electrons. The first kappa shape index (κ1) is 7.29. The molecule has 1 heterocycles. The topological polar surface area (TPSA) is 12.9 Å². The summed E-state index contributed by atoms with van der Waals surface area (Å²) in [5.74, 6) is 1.70. The lowest BCUT2D eigenvalue weighted by Gasteiger charge is -1.86. The smallest absolute Gasteiger partial charge is 0.0961 e. The van der Waals surface area contributed by atoms with Gasteiger partial charge in [0, 0.05) is 17.0 Å². The van der Waals surface area contributed by atoms with Crippen molar-refractivity contribution in [3.8, 4) is 0 Å². The number of aromatic nitrogens is 1. The van der Waals surface area contributed by atoms with Crippen molar-refractivity contribution in [2.45, 2.75) is 32.6 Å². The van der Waals surface area contributed by atoms with Gasteiger partial charge in [0.15, 0.2) is 0 Å². The van der Waals surface area contributed by atoms with E-state index in [0.29, 0.717) is 0 Å². The van der Waals surface area contributed by atoms with Crippen LogP contribution in [0.25, 0.3) is 0 Å². The van der Waals surface area contributed by atoms with Crippen molar-refractivity contribution in [3.63, 3.8) is 0 Å². The van der Waals surface area contributed by atoms with E-state index in [1.807, 2.05) is 17.5 Å². The standard InChI is InChI=1S/C9H13NS/c1-3-7-5-10-9(11-7)8-4-6(8)2/h5-6,8H,3-4H2,1-2H3. The molecule has 0 N–H and O–H groups in total. The largest absolute Gasteiger partial charge is 0.249 e. The predicted octanol–water partition coefficient (Wildman–Crippen LogP) is 2.83. The minimum atomic E-state index is 0.806. The van der Waals surface area contributed by atoms with Crippen molar-refractivity contribution in [3.05, 3.63) is 16.1 Å². The molecule has 2 atom stereocenters. The van der Waals surface area contributed by atoms with Crippen molar-refractivity contribution < 1.29 is 0 Å². The van der Waals surface area contributed by atoms with Gasteiger partial charge in [0.1, 0.15) is 0 Å². The molecule has 0 saturated heterocycles. The molecule has 1 aromatic rings. The van der Waals surface area contributed by atoms with Gasteiger partial charge in [-0.15, -0.1) is 11.3 Å². The molecule has 0 radical (unpaired) electrons. The summed E-state index contributed by atoms with van der Waals surface area (Å²) in [5.41, 5.74) is 0. The molecule has 2 unspecified atom stereocenters. The van der Waals surface area contributed by atoms with Gasteiger partial charge in [0.25, 0.3) is 0 Å². The molecule has 0 amide bonds. The van der Waals surface area contributed by atoms with Crippen LogP contribution >= 0.6 is 11.3 Å². The van der Waals surface area contributed by atoms with Crippen molar-refractivity contribution in [2.24, 2.45) is 5.92 Å². The van der Waals surface area contributed by atoms with Gasteiger partial charge in [0.05, 0.1) is 5.01 Å². The van der Waals surface area contributed by atoms with Crippen molar-refractivity contribution in [1.29, 1.82) is 0 Å². The Morgan fingerprint density at radius 3 is 2.91 bits per heavy atom. The van der Waals surface area contributed by atoms with Gasteiger partial charge in [-0.2, -0.15) is 0 Å². The van der Waals surface area contributed by atoms with Crippen LogP contribution in [0, 0.1) is 5.92 Å². The van der Waals surface area contributed by atoms with E-state index in [-0.39, 0.29) is 0 Å². The third kappa shape index (κ3) is 1.32. The van der Waals surface area contributed by atoms with Crippen LogP contribution in [0.3, 0.4) is 0 Å². The SMILES string of the molecule is CCc1cnc(C2CC2C)s1. The van der Waals surface area contributed by atoms with Gasteiger partial charge >= 0.3 is 0 Å². The number of hydrogen-bond donors (Lipinski definition) is 0. The molecule has 1 aromatic heterocycles. The van der Waals surface area contributed by atoms with Crippen LogP contribution < -0.4 is 0 Å². The zero-order valence-electron chi connectivity index (χ0n) is 7.00. The molecule has 0 bridgehead atoms. The maximum atomic E-state index is 4.42. The first-order valence-corrected chi connectivity index (χ1v) is 5.07. The maximum Gasteiger partial charge on any atom is 0.0961 e. The van der Waals surface area contributed by atoms with E-state index in [1.165, 1.54) is 16.3 Å². The van der Waals surface area contributed by atoms with E-state index in [1.54, 1.807) is 0 Å². The lowest BCUT2D eigenvalue weighted by Crippen LogP contribution is -1.75. The highest BCUT2D eigenvalue weighted by Gasteiger charge is 2.36. The van der Waals surface area contributed by atoms with Gasteiger partial charge in [0.2, 0.25) is 0 Å². The Hall–Kier alpha value is -0.370. The zero-order valence-corrected chi connectivity index (χ0v) is 7.82. The van der Waals surface area contributed by atoms with E-state index in [4.69, 9.17) is 0 Å². The Morgan fingerprint density at radius 1 is 1.73 bits per heavy atom. The van der Waals surface area contributed by atoms with Crippen LogP contribution in [-0.4, -0.2) is 4.98 Å². The highest BCUT2D eigenvalue weighted by molar-refractivity contribution is 7.11. The molecule has 0 spiro atoms. The van der Waals surface area contributed by atoms with Crippen LogP contribution in [0.2, 0.25) is 0 Å². The molecule has 2 rings (SSSR count). The predicted molar refractivity (Wildman–Crippen MR) is 48.0 cm³/mol. The first-order valence-electron chi connectivity index (χ1n) is 4.26. The molecule has 1 nitrogen and oxygen atoms in total. The third-order valence-corrected chi connectivity index (χ3v) is 3.62. The Balaban J connectivity index is 2.13. The normalized spacial score (nSPS) is 28.9. The van der Waals surface area contributed by atoms with E-state index in [0.717, 1.165) is 18.3 Å². The summed E-state index contributed by atoms with van der Waals surface area (Å²) < 4.78 is 0. The Kier molecular flexibility index (Phi) is 1.72. The first-order chi connectivity index (χ1) is 5.31. The van der Waals surface area contributed by atoms with Gasteiger partial charge in [-0.25, -0.2) is 4.98 Å². The van der Waals surface area contributed by atoms with Gasteiger partial charge in [-0.05, 0) is 18.8 Å². The molecule has 11 heavy (non-hydrogen) atoms. The van der Waals surface area contributed by atoms with Crippen LogP contribution in [0.5, 0.6) is 0 Å². The summed E-state index contributed by atoms with van der Waals surface area (Å²) in [6.45, 7) is 4.49. The van der Waals surface area contributed by atoms with Crippen LogP contribution in [0.4, 0.5) is 0 Å². The molecule has 1 fully saturated rings. The van der Waals surface area contributed by atoms with Crippen molar-refractivity contribution in [1.82, 2.24) is 4.98 Å². The fourth-order valence-corrected chi connectivity index (χ4v) is 2.43. The number of aryl methyl sites for hydroxylation is 1. The second-order valence-electron chi connectivity index (χ2n) is 3.34. The molecular weight excluding hydrogens is 154 g/mol. The second kappa shape index (κ2) is 2.59. The lowest BCUT2D eigenvalue weighted by molar-refractivity contribution is 0.905. The van der Waals surface area contributed by atoms with Crippen molar-refractivity contribution in [2.75, 3.05) is 0 Å². The number of hydrogen-bond acceptors (Lipinski definition) is 2. The Bertz CT molecular complexity index is 254. The van der Waals surface area contributed by atoms with Crippen LogP contribution in [0.15, 0.2) is 6.20 Å². The minimum Gasteiger partial charge on any atom is -0.249 e. The van der Waals surface area contributed by atoms with Gasteiger partial charge in [-0.1, -0.05) is 13.8 Å². The van der Waals surface area contributed by atoms with E-state index in [2.05, 4.69) is 18.8 Å². The lowest BCUT2D eigenvalue weighted by atomic mass is 10.4.